The minimum Gasteiger partial charge on any atom is -0.324 e. The molecule has 4 rings (SSSR count). The highest BCUT2D eigenvalue weighted by molar-refractivity contribution is 6.27. The van der Waals surface area contributed by atoms with Crippen molar-refractivity contribution in [2.75, 3.05) is 14.1 Å². The third-order valence-corrected chi connectivity index (χ3v) is 5.07. The van der Waals surface area contributed by atoms with Gasteiger partial charge in [-0.3, -0.25) is 24.2 Å². The van der Waals surface area contributed by atoms with E-state index >= 15 is 0 Å². The molecule has 0 bridgehead atoms. The summed E-state index contributed by atoms with van der Waals surface area (Å²) in [7, 11) is 2.52. The number of fused-ring (bicyclic) bond motifs is 3. The number of hydrogen-bond donors (Lipinski definition) is 0. The quantitative estimate of drug-likeness (QED) is 0.695. The number of imide groups is 2. The molecule has 0 N–H and O–H groups in total. The Labute approximate surface area is 155 Å². The van der Waals surface area contributed by atoms with Crippen LogP contribution in [0.5, 0.6) is 0 Å². The summed E-state index contributed by atoms with van der Waals surface area (Å²) in [4.78, 5) is 53.9. The second-order valence-corrected chi connectivity index (χ2v) is 6.65. The first kappa shape index (κ1) is 17.2. The predicted octanol–water partition coefficient (Wildman–Crippen LogP) is 1.26. The van der Waals surface area contributed by atoms with Gasteiger partial charge >= 0.3 is 6.03 Å². The molecule has 8 nitrogen and oxygen atoms in total. The summed E-state index contributed by atoms with van der Waals surface area (Å²) in [5.74, 6) is -2.23. The lowest BCUT2D eigenvalue weighted by molar-refractivity contribution is -0.190. The molecule has 3 aliphatic heterocycles. The third-order valence-electron chi connectivity index (χ3n) is 5.07. The maximum Gasteiger partial charge on any atom is 0.333 e. The molecule has 0 aliphatic carbocycles. The van der Waals surface area contributed by atoms with Crippen molar-refractivity contribution in [3.05, 3.63) is 53.4 Å². The van der Waals surface area contributed by atoms with Crippen LogP contribution in [-0.4, -0.2) is 58.0 Å². The molecular formula is C19H17N3O5. The Bertz CT molecular complexity index is 940. The topological polar surface area (TPSA) is 87.2 Å². The van der Waals surface area contributed by atoms with Gasteiger partial charge in [0.15, 0.2) is 12.0 Å². The van der Waals surface area contributed by atoms with E-state index in [1.165, 1.54) is 27.2 Å². The van der Waals surface area contributed by atoms with Gasteiger partial charge in [0.25, 0.3) is 17.4 Å². The summed E-state index contributed by atoms with van der Waals surface area (Å²) in [6, 6.07) is 6.63. The number of hydrogen-bond acceptors (Lipinski definition) is 6. The lowest BCUT2D eigenvalue weighted by Crippen LogP contribution is -2.71. The number of rotatable bonds is 1. The Morgan fingerprint density at radius 1 is 1.07 bits per heavy atom. The van der Waals surface area contributed by atoms with Crippen LogP contribution in [0, 0.1) is 0 Å². The Balaban J connectivity index is 1.94. The highest BCUT2D eigenvalue weighted by Gasteiger charge is 2.63. The first-order chi connectivity index (χ1) is 12.8. The van der Waals surface area contributed by atoms with E-state index in [2.05, 4.69) is 0 Å². The fourth-order valence-electron chi connectivity index (χ4n) is 3.63. The molecule has 27 heavy (non-hydrogen) atoms. The van der Waals surface area contributed by atoms with E-state index < -0.39 is 35.5 Å². The van der Waals surface area contributed by atoms with Crippen LogP contribution in [0.1, 0.15) is 24.3 Å². The van der Waals surface area contributed by atoms with E-state index in [0.29, 0.717) is 0 Å². The molecule has 1 aromatic rings. The predicted molar refractivity (Wildman–Crippen MR) is 93.6 cm³/mol. The molecule has 3 aliphatic rings. The average molecular weight is 367 g/mol. The molecule has 1 saturated heterocycles. The van der Waals surface area contributed by atoms with Crippen LogP contribution in [0.2, 0.25) is 0 Å². The van der Waals surface area contributed by atoms with Crippen molar-refractivity contribution >= 4 is 29.7 Å². The lowest BCUT2D eigenvalue weighted by Gasteiger charge is -2.48. The van der Waals surface area contributed by atoms with Gasteiger partial charge in [-0.15, -0.1) is 0 Å². The largest absolute Gasteiger partial charge is 0.333 e. The molecule has 1 spiro atoms. The van der Waals surface area contributed by atoms with Crippen molar-refractivity contribution in [1.29, 1.82) is 0 Å². The number of nitrogens with zero attached hydrogens (tertiary/aromatic N) is 3. The zero-order valence-corrected chi connectivity index (χ0v) is 15.0. The molecular weight excluding hydrogens is 350 g/mol. The van der Waals surface area contributed by atoms with Crippen molar-refractivity contribution in [3.63, 3.8) is 0 Å². The zero-order valence-electron chi connectivity index (χ0n) is 15.0. The average Bonchev–Trinajstić information content (AvgIpc) is 2.68. The fraction of sp³-hybridized carbons (Fsp3) is 0.263. The molecule has 4 amide bonds. The van der Waals surface area contributed by atoms with E-state index in [1.807, 2.05) is 30.3 Å². The second-order valence-electron chi connectivity index (χ2n) is 6.65. The monoisotopic (exact) mass is 367 g/mol. The van der Waals surface area contributed by atoms with Crippen LogP contribution < -0.4 is 0 Å². The van der Waals surface area contributed by atoms with Gasteiger partial charge < -0.3 is 9.64 Å². The van der Waals surface area contributed by atoms with Gasteiger partial charge in [0.1, 0.15) is 0 Å². The molecule has 1 aromatic carbocycles. The molecule has 138 valence electrons. The molecule has 3 heterocycles. The number of carbonyl (C=O) groups excluding carboxylic acids is 4. The zero-order chi connectivity index (χ0) is 19.5. The number of likely N-dealkylation sites (N-methyl/N-ethyl adjacent to an activating group) is 2. The van der Waals surface area contributed by atoms with Gasteiger partial charge in [-0.1, -0.05) is 24.3 Å². The van der Waals surface area contributed by atoms with Gasteiger partial charge in [-0.2, -0.15) is 0 Å². The number of ether oxygens (including phenoxy) is 1. The molecule has 0 radical (unpaired) electrons. The molecule has 1 unspecified atom stereocenters. The van der Waals surface area contributed by atoms with Crippen LogP contribution in [0.25, 0.3) is 6.08 Å². The summed E-state index contributed by atoms with van der Waals surface area (Å²) < 4.78 is 6.08. The van der Waals surface area contributed by atoms with Gasteiger partial charge in [0.2, 0.25) is 0 Å². The van der Waals surface area contributed by atoms with Crippen molar-refractivity contribution in [3.8, 4) is 0 Å². The maximum atomic E-state index is 13.1. The van der Waals surface area contributed by atoms with Crippen molar-refractivity contribution < 1.29 is 23.9 Å². The van der Waals surface area contributed by atoms with Crippen LogP contribution in [0.15, 0.2) is 42.2 Å². The number of carbonyl (C=O) groups is 4. The summed E-state index contributed by atoms with van der Waals surface area (Å²) >= 11 is 0. The highest BCUT2D eigenvalue weighted by Crippen LogP contribution is 2.44. The van der Waals surface area contributed by atoms with Gasteiger partial charge in [0, 0.05) is 32.1 Å². The normalized spacial score (nSPS) is 23.4. The van der Waals surface area contributed by atoms with Gasteiger partial charge in [0.05, 0.1) is 5.57 Å². The number of barbiturate groups is 1. The van der Waals surface area contributed by atoms with Crippen molar-refractivity contribution in [2.45, 2.75) is 18.8 Å². The maximum absolute atomic E-state index is 13.1. The molecule has 0 saturated carbocycles. The lowest BCUT2D eigenvalue weighted by atomic mass is 9.84. The minimum atomic E-state index is -2.19. The number of benzene rings is 1. The Kier molecular flexibility index (Phi) is 3.57. The minimum absolute atomic E-state index is 0.107. The standard InChI is InChI=1S/C19H17N3O5/c1-11(23)14-10-22-9-8-12-6-4-5-7-13(12)15(22)27-19(14)16(24)20(2)18(26)21(3)17(19)25/h4-10,15H,1-3H3. The number of Topliss-reactive ketones (excluding diaryl/α,β-unsaturated/α-hetero) is 1. The highest BCUT2D eigenvalue weighted by atomic mass is 16.5. The molecule has 1 atom stereocenters. The van der Waals surface area contributed by atoms with E-state index in [4.69, 9.17) is 4.74 Å². The molecule has 8 heteroatoms. The molecule has 0 aromatic heterocycles. The van der Waals surface area contributed by atoms with Crippen molar-refractivity contribution in [1.82, 2.24) is 14.7 Å². The van der Waals surface area contributed by atoms with E-state index in [9.17, 15) is 19.2 Å². The summed E-state index contributed by atoms with van der Waals surface area (Å²) in [6.45, 7) is 1.26. The smallest absolute Gasteiger partial charge is 0.324 e. The van der Waals surface area contributed by atoms with Crippen LogP contribution >= 0.6 is 0 Å². The second kappa shape index (κ2) is 5.62. The van der Waals surface area contributed by atoms with E-state index in [1.54, 1.807) is 11.1 Å². The first-order valence-electron chi connectivity index (χ1n) is 8.35. The van der Waals surface area contributed by atoms with Gasteiger partial charge in [-0.05, 0) is 18.6 Å². The Morgan fingerprint density at radius 3 is 2.33 bits per heavy atom. The van der Waals surface area contributed by atoms with Crippen LogP contribution in [0.3, 0.4) is 0 Å². The summed E-state index contributed by atoms with van der Waals surface area (Å²) in [6.07, 6.45) is 4.25. The third kappa shape index (κ3) is 2.13. The first-order valence-corrected chi connectivity index (χ1v) is 8.35. The Hall–Kier alpha value is -3.26. The Morgan fingerprint density at radius 2 is 1.70 bits per heavy atom. The van der Waals surface area contributed by atoms with E-state index in [0.717, 1.165) is 20.9 Å². The number of amides is 4. The van der Waals surface area contributed by atoms with Crippen LogP contribution in [0.4, 0.5) is 4.79 Å². The fourth-order valence-corrected chi connectivity index (χ4v) is 3.63. The number of ketones is 1. The van der Waals surface area contributed by atoms with Crippen molar-refractivity contribution in [2.24, 2.45) is 0 Å². The van der Waals surface area contributed by atoms with Gasteiger partial charge in [-0.25, -0.2) is 4.79 Å². The summed E-state index contributed by atoms with van der Waals surface area (Å²) in [5.41, 5.74) is -0.671. The number of urea groups is 1. The SMILES string of the molecule is CC(=O)C1=CN2C=Cc3ccccc3C2OC12C(=O)N(C)C(=O)N(C)C2=O. The summed E-state index contributed by atoms with van der Waals surface area (Å²) in [5, 5.41) is 0. The molecule has 1 fully saturated rings. The van der Waals surface area contributed by atoms with Crippen LogP contribution in [-0.2, 0) is 19.1 Å². The van der Waals surface area contributed by atoms with E-state index in [-0.39, 0.29) is 5.57 Å².